The molecule has 4 rings (SSSR count). The van der Waals surface area contributed by atoms with Crippen LogP contribution in [-0.2, 0) is 17.6 Å². The number of nitrogens with zero attached hydrogens (tertiary/aromatic N) is 3. The summed E-state index contributed by atoms with van der Waals surface area (Å²) in [6.07, 6.45) is 3.72. The molecular formula is C22H23ClN4O2. The van der Waals surface area contributed by atoms with Crippen LogP contribution in [0.5, 0.6) is 5.75 Å². The van der Waals surface area contributed by atoms with Gasteiger partial charge in [-0.05, 0) is 42.8 Å². The SMILES string of the molecule is O=C(Cc1ccccn1)N1CC[C@@H](c2cc(CCOc3cccc(Cl)c3)[nH]n2)C1. The quantitative estimate of drug-likeness (QED) is 0.645. The van der Waals surface area contributed by atoms with Crippen LogP contribution in [0.1, 0.15) is 29.4 Å². The van der Waals surface area contributed by atoms with Gasteiger partial charge in [0, 0.05) is 48.0 Å². The molecule has 7 heteroatoms. The molecule has 0 radical (unpaired) electrons. The summed E-state index contributed by atoms with van der Waals surface area (Å²) in [7, 11) is 0. The molecule has 1 aliphatic heterocycles. The smallest absolute Gasteiger partial charge is 0.228 e. The highest BCUT2D eigenvalue weighted by atomic mass is 35.5. The Kier molecular flexibility index (Phi) is 6.10. The van der Waals surface area contributed by atoms with Crippen LogP contribution in [-0.4, -0.2) is 45.7 Å². The van der Waals surface area contributed by atoms with Gasteiger partial charge in [-0.25, -0.2) is 0 Å². The van der Waals surface area contributed by atoms with Crippen LogP contribution in [0.25, 0.3) is 0 Å². The normalized spacial score (nSPS) is 16.2. The summed E-state index contributed by atoms with van der Waals surface area (Å²) in [5.74, 6) is 1.15. The molecule has 1 aromatic carbocycles. The van der Waals surface area contributed by atoms with Gasteiger partial charge in [0.15, 0.2) is 0 Å². The van der Waals surface area contributed by atoms with E-state index in [9.17, 15) is 4.79 Å². The molecule has 0 spiro atoms. The van der Waals surface area contributed by atoms with Crippen molar-refractivity contribution < 1.29 is 9.53 Å². The zero-order valence-electron chi connectivity index (χ0n) is 16.1. The van der Waals surface area contributed by atoms with Crippen LogP contribution < -0.4 is 4.74 Å². The zero-order valence-corrected chi connectivity index (χ0v) is 16.8. The van der Waals surface area contributed by atoms with Gasteiger partial charge in [-0.1, -0.05) is 23.7 Å². The van der Waals surface area contributed by atoms with Gasteiger partial charge in [-0.2, -0.15) is 5.10 Å². The number of hydrogen-bond donors (Lipinski definition) is 1. The first-order valence-corrected chi connectivity index (χ1v) is 10.2. The van der Waals surface area contributed by atoms with E-state index in [1.54, 1.807) is 12.3 Å². The van der Waals surface area contributed by atoms with Crippen molar-refractivity contribution >= 4 is 17.5 Å². The molecule has 0 bridgehead atoms. The first-order valence-electron chi connectivity index (χ1n) is 9.77. The van der Waals surface area contributed by atoms with E-state index < -0.39 is 0 Å². The molecule has 1 N–H and O–H groups in total. The van der Waals surface area contributed by atoms with E-state index in [4.69, 9.17) is 16.3 Å². The number of hydrogen-bond acceptors (Lipinski definition) is 4. The Balaban J connectivity index is 1.27. The molecule has 6 nitrogen and oxygen atoms in total. The van der Waals surface area contributed by atoms with E-state index >= 15 is 0 Å². The first kappa shape index (κ1) is 19.5. The van der Waals surface area contributed by atoms with E-state index in [0.29, 0.717) is 24.6 Å². The van der Waals surface area contributed by atoms with Crippen LogP contribution in [0, 0.1) is 0 Å². The summed E-state index contributed by atoms with van der Waals surface area (Å²) in [6.45, 7) is 2.01. The van der Waals surface area contributed by atoms with Crippen LogP contribution in [0.2, 0.25) is 5.02 Å². The number of H-pyrrole nitrogens is 1. The lowest BCUT2D eigenvalue weighted by molar-refractivity contribution is -0.129. The molecule has 3 aromatic rings. The third-order valence-corrected chi connectivity index (χ3v) is 5.34. The predicted octanol–water partition coefficient (Wildman–Crippen LogP) is 3.64. The minimum absolute atomic E-state index is 0.122. The van der Waals surface area contributed by atoms with Crippen molar-refractivity contribution in [2.45, 2.75) is 25.2 Å². The number of aromatic amines is 1. The lowest BCUT2D eigenvalue weighted by atomic mass is 10.0. The topological polar surface area (TPSA) is 71.1 Å². The van der Waals surface area contributed by atoms with Crippen molar-refractivity contribution in [3.8, 4) is 5.75 Å². The fourth-order valence-electron chi connectivity index (χ4n) is 3.55. The van der Waals surface area contributed by atoms with Crippen molar-refractivity contribution in [2.24, 2.45) is 0 Å². The number of carbonyl (C=O) groups excluding carboxylic acids is 1. The Bertz CT molecular complexity index is 960. The number of ether oxygens (including phenoxy) is 1. The second kappa shape index (κ2) is 9.09. The molecule has 3 heterocycles. The molecule has 0 unspecified atom stereocenters. The maximum Gasteiger partial charge on any atom is 0.228 e. The molecule has 29 heavy (non-hydrogen) atoms. The van der Waals surface area contributed by atoms with Crippen molar-refractivity contribution in [3.63, 3.8) is 0 Å². The van der Waals surface area contributed by atoms with E-state index in [-0.39, 0.29) is 11.8 Å². The number of aromatic nitrogens is 3. The molecule has 1 atom stereocenters. The van der Waals surface area contributed by atoms with Gasteiger partial charge >= 0.3 is 0 Å². The first-order chi connectivity index (χ1) is 14.2. The van der Waals surface area contributed by atoms with Crippen molar-refractivity contribution in [3.05, 3.63) is 76.8 Å². The highest BCUT2D eigenvalue weighted by Gasteiger charge is 2.29. The number of carbonyl (C=O) groups is 1. The number of amides is 1. The van der Waals surface area contributed by atoms with Crippen LogP contribution in [0.3, 0.4) is 0 Å². The molecule has 1 amide bonds. The van der Waals surface area contributed by atoms with E-state index in [1.807, 2.05) is 41.3 Å². The Hall–Kier alpha value is -2.86. The predicted molar refractivity (Wildman–Crippen MR) is 111 cm³/mol. The number of nitrogens with one attached hydrogen (secondary N) is 1. The average Bonchev–Trinajstić information content (AvgIpc) is 3.38. The highest BCUT2D eigenvalue weighted by molar-refractivity contribution is 6.30. The van der Waals surface area contributed by atoms with Gasteiger partial charge in [0.1, 0.15) is 5.75 Å². The summed E-state index contributed by atoms with van der Waals surface area (Å²) >= 11 is 5.97. The van der Waals surface area contributed by atoms with Crippen molar-refractivity contribution in [2.75, 3.05) is 19.7 Å². The van der Waals surface area contributed by atoms with Crippen LogP contribution in [0.15, 0.2) is 54.7 Å². The number of halogens is 1. The number of benzene rings is 1. The minimum atomic E-state index is 0.122. The molecule has 0 aliphatic carbocycles. The summed E-state index contributed by atoms with van der Waals surface area (Å²) in [6, 6.07) is 15.1. The Morgan fingerprint density at radius 2 is 2.17 bits per heavy atom. The van der Waals surface area contributed by atoms with Crippen LogP contribution >= 0.6 is 11.6 Å². The third-order valence-electron chi connectivity index (χ3n) is 5.10. The molecule has 0 saturated carbocycles. The number of pyridine rings is 1. The van der Waals surface area contributed by atoms with Gasteiger partial charge < -0.3 is 9.64 Å². The lowest BCUT2D eigenvalue weighted by Crippen LogP contribution is -2.30. The van der Waals surface area contributed by atoms with Gasteiger partial charge in [0.2, 0.25) is 5.91 Å². The monoisotopic (exact) mass is 410 g/mol. The minimum Gasteiger partial charge on any atom is -0.493 e. The summed E-state index contributed by atoms with van der Waals surface area (Å²) in [5.41, 5.74) is 2.85. The molecule has 150 valence electrons. The highest BCUT2D eigenvalue weighted by Crippen LogP contribution is 2.27. The molecule has 1 fully saturated rings. The summed E-state index contributed by atoms with van der Waals surface area (Å²) < 4.78 is 5.74. The van der Waals surface area contributed by atoms with E-state index in [0.717, 1.165) is 42.2 Å². The van der Waals surface area contributed by atoms with E-state index in [1.165, 1.54) is 0 Å². The Morgan fingerprint density at radius 1 is 1.24 bits per heavy atom. The molecule has 2 aromatic heterocycles. The van der Waals surface area contributed by atoms with Crippen LogP contribution in [0.4, 0.5) is 0 Å². The second-order valence-electron chi connectivity index (χ2n) is 7.20. The van der Waals surface area contributed by atoms with Crippen molar-refractivity contribution in [1.82, 2.24) is 20.1 Å². The largest absolute Gasteiger partial charge is 0.493 e. The number of rotatable bonds is 7. The van der Waals surface area contributed by atoms with Gasteiger partial charge in [0.05, 0.1) is 18.7 Å². The lowest BCUT2D eigenvalue weighted by Gasteiger charge is -2.15. The fraction of sp³-hybridized carbons (Fsp3) is 0.318. The average molecular weight is 411 g/mol. The van der Waals surface area contributed by atoms with Gasteiger partial charge in [-0.3, -0.25) is 14.9 Å². The standard InChI is InChI=1S/C22H23ClN4O2/c23-17-4-3-6-20(12-17)29-11-8-19-13-21(26-25-19)16-7-10-27(15-16)22(28)14-18-5-1-2-9-24-18/h1-6,9,12-13,16H,7-8,10-11,14-15H2,(H,25,26)/t16-/m1/s1. The molecule has 1 saturated heterocycles. The molecule has 1 aliphatic rings. The Labute approximate surface area is 174 Å². The van der Waals surface area contributed by atoms with Gasteiger partial charge in [0.25, 0.3) is 0 Å². The summed E-state index contributed by atoms with van der Waals surface area (Å²) in [5, 5.41) is 8.22. The second-order valence-corrected chi connectivity index (χ2v) is 7.63. The summed E-state index contributed by atoms with van der Waals surface area (Å²) in [4.78, 5) is 18.7. The maximum atomic E-state index is 12.5. The maximum absolute atomic E-state index is 12.5. The fourth-order valence-corrected chi connectivity index (χ4v) is 3.73. The van der Waals surface area contributed by atoms with Crippen molar-refractivity contribution in [1.29, 1.82) is 0 Å². The van der Waals surface area contributed by atoms with Gasteiger partial charge in [-0.15, -0.1) is 0 Å². The van der Waals surface area contributed by atoms with E-state index in [2.05, 4.69) is 21.2 Å². The third kappa shape index (κ3) is 5.15. The Morgan fingerprint density at radius 3 is 3.00 bits per heavy atom. The zero-order chi connectivity index (χ0) is 20.1. The number of likely N-dealkylation sites (tertiary alicyclic amines) is 1. The molecular weight excluding hydrogens is 388 g/mol.